The molecule has 140 valence electrons. The van der Waals surface area contributed by atoms with Crippen molar-refractivity contribution in [2.45, 2.75) is 49.7 Å². The zero-order valence-corrected chi connectivity index (χ0v) is 16.0. The summed E-state index contributed by atoms with van der Waals surface area (Å²) in [6.07, 6.45) is 4.99. The van der Waals surface area contributed by atoms with Gasteiger partial charge in [0, 0.05) is 11.7 Å². The summed E-state index contributed by atoms with van der Waals surface area (Å²) in [5.41, 5.74) is 2.22. The molecule has 2 atom stereocenters. The highest BCUT2D eigenvalue weighted by Crippen LogP contribution is 2.33. The second kappa shape index (κ2) is 7.51. The standard InChI is InChI=1S/C18H20N6O2S/c1-12-7-8-14-5-3-4-6-15(14)24(12)17(25)13(2)27-18-22-21-16(26-18)9-23-11-19-10-20-23/h3-6,10-13H,7-9H2,1-2H3. The summed E-state index contributed by atoms with van der Waals surface area (Å²) in [4.78, 5) is 18.9. The lowest BCUT2D eigenvalue weighted by atomic mass is 9.96. The van der Waals surface area contributed by atoms with E-state index in [0.717, 1.165) is 18.5 Å². The second-order valence-electron chi connectivity index (χ2n) is 6.54. The molecular formula is C18H20N6O2S. The van der Waals surface area contributed by atoms with Crippen molar-refractivity contribution in [1.82, 2.24) is 25.0 Å². The number of rotatable bonds is 5. The van der Waals surface area contributed by atoms with Gasteiger partial charge in [-0.1, -0.05) is 30.0 Å². The summed E-state index contributed by atoms with van der Waals surface area (Å²) in [7, 11) is 0. The van der Waals surface area contributed by atoms with E-state index in [4.69, 9.17) is 4.42 Å². The maximum Gasteiger partial charge on any atom is 0.277 e. The predicted molar refractivity (Wildman–Crippen MR) is 100 cm³/mol. The van der Waals surface area contributed by atoms with Crippen molar-refractivity contribution in [2.75, 3.05) is 4.90 Å². The molecule has 2 aromatic heterocycles. The van der Waals surface area contributed by atoms with Crippen molar-refractivity contribution in [3.8, 4) is 0 Å². The van der Waals surface area contributed by atoms with Crippen molar-refractivity contribution >= 4 is 23.4 Å². The molecule has 3 heterocycles. The van der Waals surface area contributed by atoms with Gasteiger partial charge < -0.3 is 9.32 Å². The third-order valence-corrected chi connectivity index (χ3v) is 5.52. The molecule has 0 bridgehead atoms. The van der Waals surface area contributed by atoms with Crippen LogP contribution in [-0.2, 0) is 17.8 Å². The molecule has 2 unspecified atom stereocenters. The number of anilines is 1. The number of benzene rings is 1. The number of fused-ring (bicyclic) bond motifs is 1. The minimum Gasteiger partial charge on any atom is -0.414 e. The highest BCUT2D eigenvalue weighted by Gasteiger charge is 2.32. The Morgan fingerprint density at radius 1 is 1.37 bits per heavy atom. The molecule has 1 aliphatic heterocycles. The van der Waals surface area contributed by atoms with E-state index in [1.807, 2.05) is 30.0 Å². The first kappa shape index (κ1) is 17.7. The molecule has 0 saturated heterocycles. The molecule has 1 aromatic carbocycles. The Kier molecular flexibility index (Phi) is 4.93. The van der Waals surface area contributed by atoms with Crippen LogP contribution in [0.4, 0.5) is 5.69 Å². The van der Waals surface area contributed by atoms with Crippen molar-refractivity contribution < 1.29 is 9.21 Å². The van der Waals surface area contributed by atoms with Crippen LogP contribution in [0.1, 0.15) is 31.7 Å². The van der Waals surface area contributed by atoms with Crippen LogP contribution in [0.2, 0.25) is 0 Å². The lowest BCUT2D eigenvalue weighted by Crippen LogP contribution is -2.45. The Labute approximate surface area is 161 Å². The number of hydrogen-bond donors (Lipinski definition) is 0. The van der Waals surface area contributed by atoms with Gasteiger partial charge in [-0.15, -0.1) is 10.2 Å². The first-order chi connectivity index (χ1) is 13.1. The molecule has 27 heavy (non-hydrogen) atoms. The van der Waals surface area contributed by atoms with E-state index < -0.39 is 0 Å². The van der Waals surface area contributed by atoms with E-state index >= 15 is 0 Å². The minimum atomic E-state index is -0.335. The van der Waals surface area contributed by atoms with Crippen LogP contribution in [0.3, 0.4) is 0 Å². The minimum absolute atomic E-state index is 0.0516. The van der Waals surface area contributed by atoms with E-state index in [9.17, 15) is 4.79 Å². The van der Waals surface area contributed by atoms with E-state index in [1.54, 1.807) is 11.0 Å². The lowest BCUT2D eigenvalue weighted by molar-refractivity contribution is -0.118. The zero-order chi connectivity index (χ0) is 18.8. The molecule has 9 heteroatoms. The summed E-state index contributed by atoms with van der Waals surface area (Å²) in [5.74, 6) is 0.481. The average molecular weight is 384 g/mol. The number of aromatic nitrogens is 5. The zero-order valence-electron chi connectivity index (χ0n) is 15.1. The van der Waals surface area contributed by atoms with Gasteiger partial charge in [0.15, 0.2) is 0 Å². The second-order valence-corrected chi connectivity index (χ2v) is 7.83. The van der Waals surface area contributed by atoms with Crippen molar-refractivity contribution in [3.63, 3.8) is 0 Å². The number of hydrogen-bond acceptors (Lipinski definition) is 7. The first-order valence-electron chi connectivity index (χ1n) is 8.84. The van der Waals surface area contributed by atoms with Gasteiger partial charge in [0.05, 0.1) is 5.25 Å². The summed E-state index contributed by atoms with van der Waals surface area (Å²) >= 11 is 1.28. The molecule has 0 spiro atoms. The number of carbonyl (C=O) groups excluding carboxylic acids is 1. The maximum absolute atomic E-state index is 13.1. The van der Waals surface area contributed by atoms with Gasteiger partial charge in [0.1, 0.15) is 19.2 Å². The Morgan fingerprint density at radius 2 is 2.22 bits per heavy atom. The van der Waals surface area contributed by atoms with E-state index in [2.05, 4.69) is 33.3 Å². The maximum atomic E-state index is 13.1. The Hall–Kier alpha value is -2.68. The van der Waals surface area contributed by atoms with Crippen LogP contribution in [0, 0.1) is 0 Å². The van der Waals surface area contributed by atoms with Gasteiger partial charge in [-0.3, -0.25) is 4.79 Å². The van der Waals surface area contributed by atoms with Crippen molar-refractivity contribution in [3.05, 3.63) is 48.4 Å². The van der Waals surface area contributed by atoms with E-state index in [0.29, 0.717) is 17.7 Å². The molecule has 0 fully saturated rings. The third-order valence-electron chi connectivity index (χ3n) is 4.60. The van der Waals surface area contributed by atoms with Gasteiger partial charge in [-0.05, 0) is 38.3 Å². The normalized spacial score (nSPS) is 17.6. The number of thioether (sulfide) groups is 1. The van der Waals surface area contributed by atoms with Gasteiger partial charge >= 0.3 is 0 Å². The number of para-hydroxylation sites is 1. The quantitative estimate of drug-likeness (QED) is 0.625. The van der Waals surface area contributed by atoms with Crippen LogP contribution in [0.15, 0.2) is 46.6 Å². The monoisotopic (exact) mass is 384 g/mol. The molecule has 3 aromatic rings. The van der Waals surface area contributed by atoms with Gasteiger partial charge in [0.2, 0.25) is 11.8 Å². The largest absolute Gasteiger partial charge is 0.414 e. The lowest BCUT2D eigenvalue weighted by Gasteiger charge is -2.36. The smallest absolute Gasteiger partial charge is 0.277 e. The van der Waals surface area contributed by atoms with Crippen LogP contribution in [-0.4, -0.2) is 42.2 Å². The summed E-state index contributed by atoms with van der Waals surface area (Å²) in [5, 5.41) is 12.1. The molecule has 0 aliphatic carbocycles. The topological polar surface area (TPSA) is 89.9 Å². The molecule has 1 aliphatic rings. The predicted octanol–water partition coefficient (Wildman–Crippen LogP) is 2.56. The fourth-order valence-corrected chi connectivity index (χ4v) is 3.97. The molecule has 1 amide bonds. The van der Waals surface area contributed by atoms with Crippen LogP contribution in [0.25, 0.3) is 0 Å². The van der Waals surface area contributed by atoms with Crippen LogP contribution in [0.5, 0.6) is 0 Å². The third kappa shape index (κ3) is 3.73. The average Bonchev–Trinajstić information content (AvgIpc) is 3.33. The highest BCUT2D eigenvalue weighted by molar-refractivity contribution is 8.00. The Morgan fingerprint density at radius 3 is 3.04 bits per heavy atom. The molecule has 8 nitrogen and oxygen atoms in total. The summed E-state index contributed by atoms with van der Waals surface area (Å²) in [6.45, 7) is 4.32. The molecular weight excluding hydrogens is 364 g/mol. The molecule has 0 radical (unpaired) electrons. The Bertz CT molecular complexity index is 926. The summed E-state index contributed by atoms with van der Waals surface area (Å²) < 4.78 is 7.24. The van der Waals surface area contributed by atoms with Crippen molar-refractivity contribution in [2.24, 2.45) is 0 Å². The number of aryl methyl sites for hydroxylation is 1. The van der Waals surface area contributed by atoms with Gasteiger partial charge in [0.25, 0.3) is 5.22 Å². The Balaban J connectivity index is 1.46. The number of carbonyl (C=O) groups is 1. The number of amides is 1. The fraction of sp³-hybridized carbons (Fsp3) is 0.389. The highest BCUT2D eigenvalue weighted by atomic mass is 32.2. The van der Waals surface area contributed by atoms with Crippen LogP contribution >= 0.6 is 11.8 Å². The molecule has 0 saturated carbocycles. The number of nitrogens with zero attached hydrogens (tertiary/aromatic N) is 6. The summed E-state index contributed by atoms with van der Waals surface area (Å²) in [6, 6.07) is 8.27. The fourth-order valence-electron chi connectivity index (χ4n) is 3.22. The SMILES string of the molecule is CC(Sc1nnc(Cn2cncn2)o1)C(=O)N1c2ccccc2CCC1C. The van der Waals surface area contributed by atoms with E-state index in [1.165, 1.54) is 23.7 Å². The van der Waals surface area contributed by atoms with Crippen LogP contribution < -0.4 is 4.90 Å². The van der Waals surface area contributed by atoms with E-state index in [-0.39, 0.29) is 17.2 Å². The first-order valence-corrected chi connectivity index (χ1v) is 9.72. The molecule has 4 rings (SSSR count). The van der Waals surface area contributed by atoms with Gasteiger partial charge in [-0.25, -0.2) is 9.67 Å². The van der Waals surface area contributed by atoms with Crippen molar-refractivity contribution in [1.29, 1.82) is 0 Å². The molecule has 0 N–H and O–H groups in total. The van der Waals surface area contributed by atoms with Gasteiger partial charge in [-0.2, -0.15) is 5.10 Å².